The largest absolute Gasteiger partial charge is 0.384 e. The predicted molar refractivity (Wildman–Crippen MR) is 128 cm³/mol. The molecule has 2 aliphatic rings. The average Bonchev–Trinajstić information content (AvgIpc) is 3.25. The smallest absolute Gasteiger partial charge is 0.219 e. The Morgan fingerprint density at radius 1 is 1.24 bits per heavy atom. The Labute approximate surface area is 199 Å². The summed E-state index contributed by atoms with van der Waals surface area (Å²) >= 11 is 3.02. The summed E-state index contributed by atoms with van der Waals surface area (Å²) in [6.45, 7) is 4.18. The summed E-state index contributed by atoms with van der Waals surface area (Å²) in [5.41, 5.74) is 10.2. The number of fused-ring (bicyclic) bond motifs is 1. The number of nitrogens with two attached hydrogens (primary N) is 1. The molecule has 1 atom stereocenters. The van der Waals surface area contributed by atoms with Crippen LogP contribution in [0.3, 0.4) is 0 Å². The van der Waals surface area contributed by atoms with Crippen LogP contribution < -0.4 is 10.6 Å². The molecule has 10 heteroatoms. The zero-order chi connectivity index (χ0) is 23.1. The Morgan fingerprint density at radius 3 is 2.79 bits per heavy atom. The number of ketones is 1. The maximum Gasteiger partial charge on any atom is 0.219 e. The highest BCUT2D eigenvalue weighted by Crippen LogP contribution is 2.46. The van der Waals surface area contributed by atoms with Crippen molar-refractivity contribution in [2.24, 2.45) is 5.73 Å². The molecule has 1 aromatic carbocycles. The predicted octanol–water partition coefficient (Wildman–Crippen LogP) is 4.29. The van der Waals surface area contributed by atoms with Gasteiger partial charge in [-0.2, -0.15) is 5.26 Å². The summed E-state index contributed by atoms with van der Waals surface area (Å²) in [4.78, 5) is 24.2. The van der Waals surface area contributed by atoms with Crippen LogP contribution in [0.5, 0.6) is 0 Å². The van der Waals surface area contributed by atoms with Gasteiger partial charge in [0, 0.05) is 22.9 Å². The first kappa shape index (κ1) is 21.6. The second-order valence-corrected chi connectivity index (χ2v) is 10.9. The Hall–Kier alpha value is -3.29. The number of allylic oxidation sites excluding steroid dienone is 3. The van der Waals surface area contributed by atoms with Crippen LogP contribution in [-0.2, 0) is 4.79 Å². The molecule has 2 N–H and O–H groups in total. The second kappa shape index (κ2) is 8.57. The normalized spacial score (nSPS) is 18.8. The van der Waals surface area contributed by atoms with E-state index in [4.69, 9.17) is 10.7 Å². The van der Waals surface area contributed by atoms with Gasteiger partial charge >= 0.3 is 0 Å². The molecular weight excluding hydrogens is 454 g/mol. The SMILES string of the molecule is CC(C)Sc1nnc(N2C(N)=C(C#N)C(c3cnc4ccccc4n3)C3=C2CCCC3=O)s1. The molecule has 33 heavy (non-hydrogen) atoms. The highest BCUT2D eigenvalue weighted by Gasteiger charge is 2.42. The number of carbonyl (C=O) groups is 1. The van der Waals surface area contributed by atoms with Crippen molar-refractivity contribution in [2.45, 2.75) is 48.6 Å². The maximum atomic E-state index is 13.2. The van der Waals surface area contributed by atoms with Crippen LogP contribution in [0.25, 0.3) is 11.0 Å². The molecule has 1 aliphatic heterocycles. The molecule has 166 valence electrons. The number of para-hydroxylation sites is 2. The molecule has 8 nitrogen and oxygen atoms in total. The minimum Gasteiger partial charge on any atom is -0.384 e. The van der Waals surface area contributed by atoms with E-state index in [9.17, 15) is 10.1 Å². The lowest BCUT2D eigenvalue weighted by atomic mass is 9.77. The third-order valence-corrected chi connectivity index (χ3v) is 7.60. The van der Waals surface area contributed by atoms with E-state index >= 15 is 0 Å². The zero-order valence-electron chi connectivity index (χ0n) is 18.1. The topological polar surface area (TPSA) is 122 Å². The standard InChI is InChI=1S/C23H21N7OS2/c1-12(2)32-23-29-28-22(33-23)30-17-8-5-9-18(31)20(17)19(13(10-24)21(30)25)16-11-26-14-6-3-4-7-15(14)27-16/h3-4,6-7,11-12,19H,5,8-9,25H2,1-2H3. The number of thioether (sulfide) groups is 1. The number of anilines is 1. The zero-order valence-corrected chi connectivity index (χ0v) is 19.8. The molecule has 5 rings (SSSR count). The first-order valence-electron chi connectivity index (χ1n) is 10.7. The first-order chi connectivity index (χ1) is 16.0. The minimum atomic E-state index is -0.649. The molecule has 0 spiro atoms. The van der Waals surface area contributed by atoms with Gasteiger partial charge in [0.15, 0.2) is 10.1 Å². The van der Waals surface area contributed by atoms with E-state index in [1.165, 1.54) is 11.3 Å². The monoisotopic (exact) mass is 475 g/mol. The number of rotatable bonds is 4. The van der Waals surface area contributed by atoms with Gasteiger partial charge in [-0.25, -0.2) is 4.98 Å². The molecule has 0 saturated carbocycles. The maximum absolute atomic E-state index is 13.2. The summed E-state index contributed by atoms with van der Waals surface area (Å²) in [6, 6.07) is 9.78. The van der Waals surface area contributed by atoms with E-state index in [-0.39, 0.29) is 17.2 Å². The van der Waals surface area contributed by atoms with Gasteiger partial charge in [-0.3, -0.25) is 14.7 Å². The number of nitriles is 1. The summed E-state index contributed by atoms with van der Waals surface area (Å²) in [5.74, 6) is -0.380. The third-order valence-electron chi connectivity index (χ3n) is 5.60. The highest BCUT2D eigenvalue weighted by molar-refractivity contribution is 8.01. The molecule has 0 bridgehead atoms. The van der Waals surface area contributed by atoms with Crippen molar-refractivity contribution in [1.29, 1.82) is 5.26 Å². The fourth-order valence-electron chi connectivity index (χ4n) is 4.25. The van der Waals surface area contributed by atoms with Crippen LogP contribution in [0.15, 0.2) is 57.5 Å². The Morgan fingerprint density at radius 2 is 2.03 bits per heavy atom. The van der Waals surface area contributed by atoms with E-state index < -0.39 is 5.92 Å². The van der Waals surface area contributed by atoms with Crippen LogP contribution in [0, 0.1) is 11.3 Å². The number of aromatic nitrogens is 4. The van der Waals surface area contributed by atoms with Crippen molar-refractivity contribution in [3.63, 3.8) is 0 Å². The lowest BCUT2D eigenvalue weighted by molar-refractivity contribution is -0.116. The minimum absolute atomic E-state index is 0.00255. The van der Waals surface area contributed by atoms with Crippen LogP contribution >= 0.6 is 23.1 Å². The lowest BCUT2D eigenvalue weighted by Crippen LogP contribution is -2.39. The number of benzene rings is 1. The van der Waals surface area contributed by atoms with E-state index in [1.807, 2.05) is 24.3 Å². The van der Waals surface area contributed by atoms with Gasteiger partial charge in [-0.1, -0.05) is 49.1 Å². The van der Waals surface area contributed by atoms with Crippen molar-refractivity contribution in [3.05, 3.63) is 58.8 Å². The van der Waals surface area contributed by atoms with Crippen LogP contribution in [0.4, 0.5) is 5.13 Å². The van der Waals surface area contributed by atoms with Crippen molar-refractivity contribution in [1.82, 2.24) is 20.2 Å². The quantitative estimate of drug-likeness (QED) is 0.551. The van der Waals surface area contributed by atoms with Gasteiger partial charge in [0.1, 0.15) is 5.82 Å². The van der Waals surface area contributed by atoms with Crippen molar-refractivity contribution >= 4 is 45.0 Å². The number of carbonyl (C=O) groups excluding carboxylic acids is 1. The van der Waals surface area contributed by atoms with Crippen LogP contribution in [-0.4, -0.2) is 31.2 Å². The van der Waals surface area contributed by atoms with E-state index in [0.717, 1.165) is 15.6 Å². The summed E-state index contributed by atoms with van der Waals surface area (Å²) in [6.07, 6.45) is 3.44. The Balaban J connectivity index is 1.68. The molecule has 3 heterocycles. The molecular formula is C23H21N7OS2. The number of nitrogens with zero attached hydrogens (tertiary/aromatic N) is 6. The number of hydrogen-bond donors (Lipinski definition) is 1. The van der Waals surface area contributed by atoms with E-state index in [2.05, 4.69) is 35.1 Å². The van der Waals surface area contributed by atoms with Crippen LogP contribution in [0.2, 0.25) is 0 Å². The molecule has 2 aromatic heterocycles. The fraction of sp³-hybridized carbons (Fsp3) is 0.304. The fourth-order valence-corrected chi connectivity index (χ4v) is 6.36. The van der Waals surface area contributed by atoms with E-state index in [0.29, 0.717) is 46.4 Å². The highest BCUT2D eigenvalue weighted by atomic mass is 32.2. The lowest BCUT2D eigenvalue weighted by Gasteiger charge is -2.37. The number of Topliss-reactive ketones (excluding diaryl/α,β-unsaturated/α-hetero) is 1. The van der Waals surface area contributed by atoms with Gasteiger partial charge in [0.05, 0.1) is 40.5 Å². The molecule has 1 unspecified atom stereocenters. The molecule has 0 fully saturated rings. The summed E-state index contributed by atoms with van der Waals surface area (Å²) in [7, 11) is 0. The molecule has 0 radical (unpaired) electrons. The van der Waals surface area contributed by atoms with E-state index in [1.54, 1.807) is 22.9 Å². The second-order valence-electron chi connectivity index (χ2n) is 8.12. The molecule has 3 aromatic rings. The molecule has 0 amide bonds. The summed E-state index contributed by atoms with van der Waals surface area (Å²) in [5, 5.41) is 19.7. The third kappa shape index (κ3) is 3.77. The van der Waals surface area contributed by atoms with Gasteiger partial charge in [0.2, 0.25) is 5.13 Å². The average molecular weight is 476 g/mol. The van der Waals surface area contributed by atoms with Gasteiger partial charge in [-0.05, 0) is 25.0 Å². The van der Waals surface area contributed by atoms with Gasteiger partial charge < -0.3 is 5.73 Å². The molecule has 1 aliphatic carbocycles. The molecule has 0 saturated heterocycles. The Kier molecular flexibility index (Phi) is 5.60. The number of hydrogen-bond acceptors (Lipinski definition) is 10. The Bertz CT molecular complexity index is 1370. The van der Waals surface area contributed by atoms with Gasteiger partial charge in [0.25, 0.3) is 0 Å². The van der Waals surface area contributed by atoms with Crippen molar-refractivity contribution in [3.8, 4) is 6.07 Å². The van der Waals surface area contributed by atoms with Gasteiger partial charge in [-0.15, -0.1) is 10.2 Å². The first-order valence-corrected chi connectivity index (χ1v) is 12.4. The van der Waals surface area contributed by atoms with Crippen molar-refractivity contribution < 1.29 is 4.79 Å². The van der Waals surface area contributed by atoms with Crippen molar-refractivity contribution in [2.75, 3.05) is 4.90 Å². The van der Waals surface area contributed by atoms with Crippen LogP contribution in [0.1, 0.15) is 44.7 Å². The summed E-state index contributed by atoms with van der Waals surface area (Å²) < 4.78 is 0.818.